The molecule has 1 aliphatic rings. The van der Waals surface area contributed by atoms with E-state index in [9.17, 15) is 0 Å². The number of aryl methyl sites for hydroxylation is 1. The molecule has 0 spiro atoms. The molecule has 0 radical (unpaired) electrons. The second kappa shape index (κ2) is 4.59. The predicted molar refractivity (Wildman–Crippen MR) is 57.0 cm³/mol. The van der Waals surface area contributed by atoms with Gasteiger partial charge in [0.2, 0.25) is 0 Å². The zero-order valence-corrected chi connectivity index (χ0v) is 9.12. The highest BCUT2D eigenvalue weighted by molar-refractivity contribution is 5.26. The fourth-order valence-electron chi connectivity index (χ4n) is 1.51. The van der Waals surface area contributed by atoms with Gasteiger partial charge in [-0.15, -0.1) is 0 Å². The molecule has 0 saturated carbocycles. The molecule has 4 nitrogen and oxygen atoms in total. The van der Waals surface area contributed by atoms with Gasteiger partial charge in [0.05, 0.1) is 32.1 Å². The van der Waals surface area contributed by atoms with Crippen LogP contribution in [0.1, 0.15) is 11.4 Å². The van der Waals surface area contributed by atoms with Crippen LogP contribution in [-0.2, 0) is 11.3 Å². The summed E-state index contributed by atoms with van der Waals surface area (Å²) in [5.74, 6) is 0.865. The van der Waals surface area contributed by atoms with Crippen molar-refractivity contribution in [1.29, 1.82) is 0 Å². The maximum absolute atomic E-state index is 5.19. The topological polar surface area (TPSA) is 43.4 Å². The fourth-order valence-corrected chi connectivity index (χ4v) is 1.51. The molecule has 0 unspecified atom stereocenters. The summed E-state index contributed by atoms with van der Waals surface area (Å²) in [6.45, 7) is 4.36. The highest BCUT2D eigenvalue weighted by Gasteiger charge is 2.17. The van der Waals surface area contributed by atoms with Crippen molar-refractivity contribution in [3.8, 4) is 5.75 Å². The van der Waals surface area contributed by atoms with E-state index in [0.29, 0.717) is 6.04 Å². The molecular weight excluding hydrogens is 192 g/mol. The second-order valence-electron chi connectivity index (χ2n) is 3.75. The molecule has 1 saturated heterocycles. The summed E-state index contributed by atoms with van der Waals surface area (Å²) >= 11 is 0. The maximum Gasteiger partial charge on any atom is 0.122 e. The molecular formula is C11H16N2O2. The third kappa shape index (κ3) is 2.67. The molecule has 1 aromatic heterocycles. The summed E-state index contributed by atoms with van der Waals surface area (Å²) < 4.78 is 10.3. The van der Waals surface area contributed by atoms with Gasteiger partial charge in [0.1, 0.15) is 5.75 Å². The lowest BCUT2D eigenvalue weighted by molar-refractivity contribution is -0.00591. The maximum atomic E-state index is 5.19. The summed E-state index contributed by atoms with van der Waals surface area (Å²) in [4.78, 5) is 4.43. The summed E-state index contributed by atoms with van der Waals surface area (Å²) in [7, 11) is 1.67. The first-order valence-electron chi connectivity index (χ1n) is 5.10. The molecule has 0 aliphatic carbocycles. The molecule has 0 bridgehead atoms. The molecule has 0 amide bonds. The number of hydrogen-bond acceptors (Lipinski definition) is 4. The quantitative estimate of drug-likeness (QED) is 0.798. The van der Waals surface area contributed by atoms with Crippen LogP contribution < -0.4 is 10.1 Å². The summed E-state index contributed by atoms with van der Waals surface area (Å²) in [6.07, 6.45) is 0. The fraction of sp³-hybridized carbons (Fsp3) is 0.545. The van der Waals surface area contributed by atoms with Crippen LogP contribution >= 0.6 is 0 Å². The molecule has 15 heavy (non-hydrogen) atoms. The van der Waals surface area contributed by atoms with Gasteiger partial charge in [0.15, 0.2) is 0 Å². The number of nitrogens with zero attached hydrogens (tertiary/aromatic N) is 1. The molecule has 0 atom stereocenters. The largest absolute Gasteiger partial charge is 0.497 e. The summed E-state index contributed by atoms with van der Waals surface area (Å²) in [5.41, 5.74) is 2.00. The van der Waals surface area contributed by atoms with Crippen LogP contribution in [0.5, 0.6) is 5.75 Å². The Kier molecular flexibility index (Phi) is 3.18. The Balaban J connectivity index is 1.96. The van der Waals surface area contributed by atoms with Crippen molar-refractivity contribution in [2.75, 3.05) is 20.3 Å². The number of ether oxygens (including phenoxy) is 2. The third-order valence-electron chi connectivity index (χ3n) is 2.43. The van der Waals surface area contributed by atoms with Crippen LogP contribution in [0, 0.1) is 6.92 Å². The number of hydrogen-bond donors (Lipinski definition) is 1. The SMILES string of the molecule is COc1cc(C)nc(CNC2COC2)c1. The monoisotopic (exact) mass is 208 g/mol. The Morgan fingerprint density at radius 1 is 1.53 bits per heavy atom. The van der Waals surface area contributed by atoms with Crippen LogP contribution in [0.4, 0.5) is 0 Å². The van der Waals surface area contributed by atoms with Crippen LogP contribution in [0.2, 0.25) is 0 Å². The lowest BCUT2D eigenvalue weighted by atomic mass is 10.2. The number of aromatic nitrogens is 1. The zero-order chi connectivity index (χ0) is 10.7. The first kappa shape index (κ1) is 10.4. The van der Waals surface area contributed by atoms with Crippen molar-refractivity contribution in [1.82, 2.24) is 10.3 Å². The normalized spacial score (nSPS) is 16.1. The minimum Gasteiger partial charge on any atom is -0.497 e. The first-order valence-corrected chi connectivity index (χ1v) is 5.10. The summed E-state index contributed by atoms with van der Waals surface area (Å²) in [6, 6.07) is 4.37. The Morgan fingerprint density at radius 2 is 2.33 bits per heavy atom. The molecule has 2 heterocycles. The molecule has 82 valence electrons. The van der Waals surface area contributed by atoms with E-state index in [1.165, 1.54) is 0 Å². The van der Waals surface area contributed by atoms with Gasteiger partial charge in [0, 0.05) is 24.4 Å². The van der Waals surface area contributed by atoms with Gasteiger partial charge in [0.25, 0.3) is 0 Å². The van der Waals surface area contributed by atoms with Gasteiger partial charge in [-0.1, -0.05) is 0 Å². The van der Waals surface area contributed by atoms with Crippen molar-refractivity contribution in [2.24, 2.45) is 0 Å². The molecule has 1 aromatic rings. The molecule has 2 rings (SSSR count). The standard InChI is InChI=1S/C11H16N2O2/c1-8-3-11(14-2)4-9(13-8)5-12-10-6-15-7-10/h3-4,10,12H,5-7H2,1-2H3. The zero-order valence-electron chi connectivity index (χ0n) is 9.12. The van der Waals surface area contributed by atoms with Crippen LogP contribution in [0.3, 0.4) is 0 Å². The highest BCUT2D eigenvalue weighted by atomic mass is 16.5. The van der Waals surface area contributed by atoms with Crippen molar-refractivity contribution in [3.63, 3.8) is 0 Å². The molecule has 4 heteroatoms. The van der Waals surface area contributed by atoms with E-state index < -0.39 is 0 Å². The van der Waals surface area contributed by atoms with Crippen molar-refractivity contribution in [2.45, 2.75) is 19.5 Å². The molecule has 1 fully saturated rings. The van der Waals surface area contributed by atoms with E-state index >= 15 is 0 Å². The van der Waals surface area contributed by atoms with E-state index in [-0.39, 0.29) is 0 Å². The Labute approximate surface area is 89.6 Å². The van der Waals surface area contributed by atoms with E-state index in [0.717, 1.165) is 36.9 Å². The number of nitrogens with one attached hydrogen (secondary N) is 1. The average molecular weight is 208 g/mol. The van der Waals surface area contributed by atoms with Crippen molar-refractivity contribution < 1.29 is 9.47 Å². The molecule has 0 aromatic carbocycles. The smallest absolute Gasteiger partial charge is 0.122 e. The Hall–Kier alpha value is -1.13. The summed E-state index contributed by atoms with van der Waals surface area (Å²) in [5, 5.41) is 3.37. The number of pyridine rings is 1. The highest BCUT2D eigenvalue weighted by Crippen LogP contribution is 2.13. The van der Waals surface area contributed by atoms with E-state index in [1.54, 1.807) is 7.11 Å². The van der Waals surface area contributed by atoms with Crippen LogP contribution in [0.25, 0.3) is 0 Å². The van der Waals surface area contributed by atoms with Crippen molar-refractivity contribution >= 4 is 0 Å². The van der Waals surface area contributed by atoms with Gasteiger partial charge < -0.3 is 14.8 Å². The Bertz CT molecular complexity index is 337. The van der Waals surface area contributed by atoms with Crippen LogP contribution in [0.15, 0.2) is 12.1 Å². The van der Waals surface area contributed by atoms with Gasteiger partial charge in [-0.25, -0.2) is 0 Å². The van der Waals surface area contributed by atoms with Crippen LogP contribution in [-0.4, -0.2) is 31.3 Å². The number of rotatable bonds is 4. The first-order chi connectivity index (χ1) is 7.28. The van der Waals surface area contributed by atoms with E-state index in [4.69, 9.17) is 9.47 Å². The Morgan fingerprint density at radius 3 is 2.93 bits per heavy atom. The number of methoxy groups -OCH3 is 1. The van der Waals surface area contributed by atoms with E-state index in [2.05, 4.69) is 10.3 Å². The van der Waals surface area contributed by atoms with E-state index in [1.807, 2.05) is 19.1 Å². The van der Waals surface area contributed by atoms with Crippen molar-refractivity contribution in [3.05, 3.63) is 23.5 Å². The predicted octanol–water partition coefficient (Wildman–Crippen LogP) is 0.887. The van der Waals surface area contributed by atoms with Gasteiger partial charge >= 0.3 is 0 Å². The second-order valence-corrected chi connectivity index (χ2v) is 3.75. The molecule has 1 aliphatic heterocycles. The molecule has 1 N–H and O–H groups in total. The van der Waals surface area contributed by atoms with Gasteiger partial charge in [-0.05, 0) is 6.92 Å². The van der Waals surface area contributed by atoms with Gasteiger partial charge in [-0.3, -0.25) is 4.98 Å². The average Bonchev–Trinajstić information content (AvgIpc) is 2.14. The lowest BCUT2D eigenvalue weighted by Crippen LogP contribution is -2.45. The van der Waals surface area contributed by atoms with Gasteiger partial charge in [-0.2, -0.15) is 0 Å². The minimum atomic E-state index is 0.485. The third-order valence-corrected chi connectivity index (χ3v) is 2.43. The minimum absolute atomic E-state index is 0.485. The lowest BCUT2D eigenvalue weighted by Gasteiger charge is -2.26.